The molecule has 0 spiro atoms. The van der Waals surface area contributed by atoms with E-state index in [1.807, 2.05) is 0 Å². The van der Waals surface area contributed by atoms with E-state index < -0.39 is 0 Å². The quantitative estimate of drug-likeness (QED) is 0.197. The molecule has 0 bridgehead atoms. The molecule has 0 aliphatic heterocycles. The van der Waals surface area contributed by atoms with Crippen LogP contribution in [0, 0.1) is 46.3 Å². The lowest BCUT2D eigenvalue weighted by Gasteiger charge is -2.58. The van der Waals surface area contributed by atoms with Gasteiger partial charge in [-0.05, 0) is 105 Å². The van der Waals surface area contributed by atoms with Gasteiger partial charge in [0.25, 0.3) is 0 Å². The van der Waals surface area contributed by atoms with Gasteiger partial charge in [0, 0.05) is 17.0 Å². The second kappa shape index (κ2) is 10.5. The van der Waals surface area contributed by atoms with E-state index in [4.69, 9.17) is 16.3 Å². The van der Waals surface area contributed by atoms with E-state index in [1.165, 1.54) is 51.4 Å². The molecule has 0 saturated heterocycles. The van der Waals surface area contributed by atoms with Crippen LogP contribution in [0.2, 0.25) is 0 Å². The van der Waals surface area contributed by atoms with Crippen LogP contribution in [0.3, 0.4) is 0 Å². The second-order valence-electron chi connectivity index (χ2n) is 13.7. The van der Waals surface area contributed by atoms with Gasteiger partial charge in [-0.2, -0.15) is 0 Å². The first-order valence-electron chi connectivity index (χ1n) is 14.7. The largest absolute Gasteiger partial charge is 0.459 e. The fourth-order valence-electron chi connectivity index (χ4n) is 9.13. The fraction of sp³-hybridized carbons (Fsp3) is 0.844. The molecule has 4 aliphatic carbocycles. The maximum atomic E-state index is 12.5. The van der Waals surface area contributed by atoms with Crippen molar-refractivity contribution in [2.24, 2.45) is 46.3 Å². The molecule has 3 saturated carbocycles. The van der Waals surface area contributed by atoms with E-state index in [9.17, 15) is 4.79 Å². The minimum absolute atomic E-state index is 0.000692. The van der Waals surface area contributed by atoms with Gasteiger partial charge in [-0.25, -0.2) is 4.79 Å². The Morgan fingerprint density at radius 1 is 1.06 bits per heavy atom. The Bertz CT molecular complexity index is 852. The van der Waals surface area contributed by atoms with Gasteiger partial charge in [-0.3, -0.25) is 0 Å². The highest BCUT2D eigenvalue weighted by molar-refractivity contribution is 6.31. The second-order valence-corrected chi connectivity index (χ2v) is 14.3. The third kappa shape index (κ3) is 5.17. The van der Waals surface area contributed by atoms with Crippen molar-refractivity contribution in [3.63, 3.8) is 0 Å². The first kappa shape index (κ1) is 27.3. The summed E-state index contributed by atoms with van der Waals surface area (Å²) in [4.78, 5) is 12.5. The van der Waals surface area contributed by atoms with Crippen LogP contribution in [-0.2, 0) is 9.53 Å². The molecule has 3 fully saturated rings. The van der Waals surface area contributed by atoms with E-state index >= 15 is 0 Å². The molecule has 2 nitrogen and oxygen atoms in total. The minimum Gasteiger partial charge on any atom is -0.459 e. The fourth-order valence-corrected chi connectivity index (χ4v) is 9.21. The number of carbonyl (C=O) groups is 1. The topological polar surface area (TPSA) is 26.3 Å². The molecule has 0 aromatic carbocycles. The highest BCUT2D eigenvalue weighted by Gasteiger charge is 2.59. The van der Waals surface area contributed by atoms with E-state index in [0.717, 1.165) is 54.8 Å². The Hall–Kier alpha value is -0.760. The third-order valence-electron chi connectivity index (χ3n) is 11.4. The van der Waals surface area contributed by atoms with E-state index in [2.05, 4.69) is 40.7 Å². The number of rotatable bonds is 7. The summed E-state index contributed by atoms with van der Waals surface area (Å²) in [6, 6.07) is 0. The van der Waals surface area contributed by atoms with Crippen molar-refractivity contribution in [3.05, 3.63) is 22.3 Å². The van der Waals surface area contributed by atoms with E-state index in [1.54, 1.807) is 19.4 Å². The monoisotopic (exact) mass is 502 g/mol. The van der Waals surface area contributed by atoms with Gasteiger partial charge in [-0.15, -0.1) is 0 Å². The molecule has 0 radical (unpaired) electrons. The van der Waals surface area contributed by atoms with Crippen molar-refractivity contribution in [1.82, 2.24) is 0 Å². The van der Waals surface area contributed by atoms with Crippen molar-refractivity contribution in [2.75, 3.05) is 0 Å². The van der Waals surface area contributed by atoms with Gasteiger partial charge in [0.05, 0.1) is 0 Å². The molecular weight excluding hydrogens is 452 g/mol. The summed E-state index contributed by atoms with van der Waals surface area (Å²) >= 11 is 6.04. The van der Waals surface area contributed by atoms with Crippen LogP contribution >= 0.6 is 11.6 Å². The van der Waals surface area contributed by atoms with Crippen molar-refractivity contribution in [3.8, 4) is 0 Å². The number of allylic oxidation sites excluding steroid dienone is 2. The summed E-state index contributed by atoms with van der Waals surface area (Å²) in [6.45, 7) is 16.0. The zero-order valence-corrected chi connectivity index (χ0v) is 24.3. The summed E-state index contributed by atoms with van der Waals surface area (Å²) in [5.74, 6) is 4.91. The van der Waals surface area contributed by atoms with Gasteiger partial charge in [0.1, 0.15) is 6.10 Å². The first-order valence-corrected chi connectivity index (χ1v) is 15.1. The first-order chi connectivity index (χ1) is 16.5. The Labute approximate surface area is 220 Å². The number of ether oxygens (including phenoxy) is 1. The van der Waals surface area contributed by atoms with Crippen LogP contribution < -0.4 is 0 Å². The van der Waals surface area contributed by atoms with Crippen LogP contribution in [0.15, 0.2) is 22.3 Å². The molecule has 198 valence electrons. The molecule has 3 heteroatoms. The van der Waals surface area contributed by atoms with Crippen molar-refractivity contribution in [2.45, 2.75) is 125 Å². The van der Waals surface area contributed by atoms with Gasteiger partial charge in [0.15, 0.2) is 0 Å². The predicted molar refractivity (Wildman–Crippen MR) is 147 cm³/mol. The lowest BCUT2D eigenvalue weighted by Crippen LogP contribution is -2.51. The molecule has 4 aliphatic rings. The molecule has 0 heterocycles. The molecule has 8 atom stereocenters. The van der Waals surface area contributed by atoms with Gasteiger partial charge in [0.2, 0.25) is 0 Å². The predicted octanol–water partition coefficient (Wildman–Crippen LogP) is 9.47. The van der Waals surface area contributed by atoms with E-state index in [0.29, 0.717) is 21.4 Å². The van der Waals surface area contributed by atoms with Crippen molar-refractivity contribution >= 4 is 17.6 Å². The summed E-state index contributed by atoms with van der Waals surface area (Å²) in [7, 11) is 0. The molecular formula is C32H51ClO2. The normalized spacial score (nSPS) is 40.3. The van der Waals surface area contributed by atoms with E-state index in [-0.39, 0.29) is 12.1 Å². The Kier molecular flexibility index (Phi) is 8.22. The van der Waals surface area contributed by atoms with Crippen LogP contribution in [0.25, 0.3) is 0 Å². The molecule has 4 rings (SSSR count). The summed E-state index contributed by atoms with van der Waals surface area (Å²) in [6.07, 6.45) is 16.8. The summed E-state index contributed by atoms with van der Waals surface area (Å²) < 4.78 is 5.90. The van der Waals surface area contributed by atoms with Crippen LogP contribution in [0.1, 0.15) is 119 Å². The van der Waals surface area contributed by atoms with Gasteiger partial charge >= 0.3 is 5.97 Å². The van der Waals surface area contributed by atoms with Crippen LogP contribution in [-0.4, -0.2) is 12.1 Å². The number of hydrogen-bond donors (Lipinski definition) is 0. The maximum Gasteiger partial charge on any atom is 0.335 e. The molecule has 0 N–H and O–H groups in total. The molecule has 0 aromatic heterocycles. The highest BCUT2D eigenvalue weighted by atomic mass is 35.5. The molecule has 35 heavy (non-hydrogen) atoms. The van der Waals surface area contributed by atoms with Crippen molar-refractivity contribution in [1.29, 1.82) is 0 Å². The Morgan fingerprint density at radius 3 is 2.49 bits per heavy atom. The smallest absolute Gasteiger partial charge is 0.335 e. The highest BCUT2D eigenvalue weighted by Crippen LogP contribution is 2.67. The average Bonchev–Trinajstić information content (AvgIpc) is 3.15. The maximum absolute atomic E-state index is 12.5. The zero-order chi connectivity index (χ0) is 25.5. The molecule has 0 aromatic rings. The standard InChI is InChI=1S/C32H51ClO2/c1-20(2)9-8-10-21(3)27-13-14-28-26-12-11-24-19-25(35-30(34)22(4)23(5)33)15-17-31(24,6)29(26)16-18-32(27,28)7/h11,20-21,25-29H,8-10,12-19H2,1-7H3/b23-22+/t21?,25-,26?,27?,28?,29?,31-,32+/m0/s1. The lowest BCUT2D eigenvalue weighted by atomic mass is 9.47. The molecule has 5 unspecified atom stereocenters. The zero-order valence-electron chi connectivity index (χ0n) is 23.6. The number of carbonyl (C=O) groups excluding carboxylic acids is 1. The minimum atomic E-state index is -0.242. The summed E-state index contributed by atoms with van der Waals surface area (Å²) in [5, 5.41) is 0.532. The Morgan fingerprint density at radius 2 is 1.80 bits per heavy atom. The number of hydrogen-bond acceptors (Lipinski definition) is 2. The van der Waals surface area contributed by atoms with Gasteiger partial charge < -0.3 is 4.74 Å². The number of fused-ring (bicyclic) bond motifs is 5. The summed E-state index contributed by atoms with van der Waals surface area (Å²) in [5.41, 5.74) is 2.95. The number of esters is 1. The van der Waals surface area contributed by atoms with Gasteiger partial charge in [-0.1, -0.05) is 77.1 Å². The Balaban J connectivity index is 1.44. The van der Waals surface area contributed by atoms with Crippen LogP contribution in [0.5, 0.6) is 0 Å². The molecule has 0 amide bonds. The SMILES string of the molecule is C/C(Cl)=C(/C)C(=O)O[C@H]1CC[C@@]2(C)C(=CCC3C4CCC(C(C)CCCC(C)C)[C@@]4(C)CCC32)C1. The third-order valence-corrected chi connectivity index (χ3v) is 11.6. The lowest BCUT2D eigenvalue weighted by molar-refractivity contribution is -0.146. The van der Waals surface area contributed by atoms with Crippen LogP contribution in [0.4, 0.5) is 0 Å². The van der Waals surface area contributed by atoms with Crippen molar-refractivity contribution < 1.29 is 9.53 Å². The average molecular weight is 503 g/mol. The number of halogens is 1.